The highest BCUT2D eigenvalue weighted by Crippen LogP contribution is 2.40. The molecule has 7 nitrogen and oxygen atoms in total. The molecule has 0 spiro atoms. The van der Waals surface area contributed by atoms with Gasteiger partial charge in [0.1, 0.15) is 12.0 Å². The number of anilines is 1. The lowest BCUT2D eigenvalue weighted by Gasteiger charge is -2.38. The minimum absolute atomic E-state index is 0.0266. The van der Waals surface area contributed by atoms with Crippen molar-refractivity contribution in [3.63, 3.8) is 0 Å². The van der Waals surface area contributed by atoms with Gasteiger partial charge in [-0.25, -0.2) is 15.0 Å². The summed E-state index contributed by atoms with van der Waals surface area (Å²) in [7, 11) is 0. The first-order chi connectivity index (χ1) is 13.8. The molecule has 0 unspecified atom stereocenters. The van der Waals surface area contributed by atoms with Gasteiger partial charge in [-0.1, -0.05) is 0 Å². The third-order valence-electron chi connectivity index (χ3n) is 6.18. The van der Waals surface area contributed by atoms with Crippen LogP contribution in [0.15, 0.2) is 30.2 Å². The molecule has 1 amide bonds. The third-order valence-corrected chi connectivity index (χ3v) is 7.01. The monoisotopic (exact) mass is 399 g/mol. The van der Waals surface area contributed by atoms with Gasteiger partial charge in [0, 0.05) is 37.5 Å². The number of ether oxygens (including phenoxy) is 1. The summed E-state index contributed by atoms with van der Waals surface area (Å²) in [4.78, 5) is 27.5. The number of hydrogen-bond donors (Lipinski definition) is 1. The summed E-state index contributed by atoms with van der Waals surface area (Å²) >= 11 is 1.70. The van der Waals surface area contributed by atoms with Crippen LogP contribution in [0.25, 0.3) is 0 Å². The Bertz CT molecular complexity index is 798. The van der Waals surface area contributed by atoms with Crippen molar-refractivity contribution in [2.45, 2.75) is 37.8 Å². The van der Waals surface area contributed by atoms with E-state index in [4.69, 9.17) is 4.74 Å². The molecule has 5 rings (SSSR count). The minimum Gasteiger partial charge on any atom is -0.376 e. The van der Waals surface area contributed by atoms with Crippen LogP contribution in [0.4, 0.5) is 5.13 Å². The predicted molar refractivity (Wildman–Crippen MR) is 106 cm³/mol. The summed E-state index contributed by atoms with van der Waals surface area (Å²) in [5, 5.41) is 6.34. The van der Waals surface area contributed by atoms with Crippen LogP contribution in [0.3, 0.4) is 0 Å². The molecule has 148 valence electrons. The molecule has 2 saturated carbocycles. The van der Waals surface area contributed by atoms with E-state index in [1.807, 2.05) is 11.6 Å². The summed E-state index contributed by atoms with van der Waals surface area (Å²) in [5.41, 5.74) is 0.411. The first kappa shape index (κ1) is 18.0. The Kier molecular flexibility index (Phi) is 4.98. The van der Waals surface area contributed by atoms with E-state index in [2.05, 4.69) is 25.2 Å². The number of fused-ring (bicyclic) bond motifs is 1. The number of thiazole rings is 1. The van der Waals surface area contributed by atoms with Crippen molar-refractivity contribution in [1.29, 1.82) is 0 Å². The van der Waals surface area contributed by atoms with Gasteiger partial charge in [-0.15, -0.1) is 11.3 Å². The molecule has 2 aromatic rings. The van der Waals surface area contributed by atoms with E-state index in [0.717, 1.165) is 37.7 Å². The third kappa shape index (κ3) is 3.89. The van der Waals surface area contributed by atoms with Gasteiger partial charge >= 0.3 is 0 Å². The van der Waals surface area contributed by atoms with Crippen LogP contribution in [0.5, 0.6) is 0 Å². The minimum atomic E-state index is -0.138. The molecule has 1 aliphatic heterocycles. The van der Waals surface area contributed by atoms with Crippen molar-refractivity contribution >= 4 is 22.4 Å². The van der Waals surface area contributed by atoms with Gasteiger partial charge < -0.3 is 15.0 Å². The van der Waals surface area contributed by atoms with E-state index in [0.29, 0.717) is 23.4 Å². The van der Waals surface area contributed by atoms with Gasteiger partial charge in [0.05, 0.1) is 12.1 Å². The molecule has 0 bridgehead atoms. The molecule has 1 saturated heterocycles. The van der Waals surface area contributed by atoms with Gasteiger partial charge in [0.2, 0.25) is 0 Å². The molecule has 0 radical (unpaired) electrons. The van der Waals surface area contributed by atoms with E-state index in [-0.39, 0.29) is 18.1 Å². The number of nitrogens with one attached hydrogen (secondary N) is 1. The Morgan fingerprint density at radius 2 is 2.07 bits per heavy atom. The Balaban J connectivity index is 1.28. The van der Waals surface area contributed by atoms with Gasteiger partial charge in [-0.3, -0.25) is 4.79 Å². The summed E-state index contributed by atoms with van der Waals surface area (Å²) in [6, 6.07) is 1.68. The molecule has 3 fully saturated rings. The van der Waals surface area contributed by atoms with Crippen molar-refractivity contribution in [3.8, 4) is 0 Å². The predicted octanol–water partition coefficient (Wildman–Crippen LogP) is 2.37. The average molecular weight is 400 g/mol. The number of hydrogen-bond acceptors (Lipinski definition) is 7. The highest BCUT2D eigenvalue weighted by molar-refractivity contribution is 7.13. The number of aromatic nitrogens is 3. The maximum atomic E-state index is 12.7. The second-order valence-corrected chi connectivity index (χ2v) is 9.07. The number of carbonyl (C=O) groups is 1. The summed E-state index contributed by atoms with van der Waals surface area (Å²) < 4.78 is 6.31. The maximum Gasteiger partial charge on any atom is 0.270 e. The Morgan fingerprint density at radius 1 is 1.21 bits per heavy atom. The average Bonchev–Trinajstić information content (AvgIpc) is 3.21. The van der Waals surface area contributed by atoms with E-state index >= 15 is 0 Å². The van der Waals surface area contributed by atoms with Crippen molar-refractivity contribution in [3.05, 3.63) is 35.9 Å². The fraction of sp³-hybridized carbons (Fsp3) is 0.600. The van der Waals surface area contributed by atoms with Crippen molar-refractivity contribution in [1.82, 2.24) is 20.3 Å². The van der Waals surface area contributed by atoms with Crippen LogP contribution in [0.2, 0.25) is 0 Å². The van der Waals surface area contributed by atoms with E-state index in [1.54, 1.807) is 23.6 Å². The van der Waals surface area contributed by atoms with E-state index in [1.165, 1.54) is 19.2 Å². The number of nitrogens with zero attached hydrogens (tertiary/aromatic N) is 4. The standard InChI is InChI=1S/C20H25N5O2S/c26-19(16-3-4-21-12-23-16)24-17-7-14-9-25(20-22-5-6-28-20)10-15(14)8-18(17)27-11-13-1-2-13/h3-6,12-15,17-18H,1-2,7-11H2,(H,24,26)/t14-,15+,17-,18-/m0/s1. The van der Waals surface area contributed by atoms with Gasteiger partial charge in [0.15, 0.2) is 5.13 Å². The maximum absolute atomic E-state index is 12.7. The van der Waals surface area contributed by atoms with Crippen LogP contribution in [-0.4, -0.2) is 52.7 Å². The highest BCUT2D eigenvalue weighted by Gasteiger charge is 2.44. The van der Waals surface area contributed by atoms with E-state index in [9.17, 15) is 4.79 Å². The van der Waals surface area contributed by atoms with Crippen molar-refractivity contribution in [2.24, 2.45) is 17.8 Å². The quantitative estimate of drug-likeness (QED) is 0.803. The molecule has 0 aromatic carbocycles. The Morgan fingerprint density at radius 3 is 2.79 bits per heavy atom. The zero-order valence-electron chi connectivity index (χ0n) is 15.7. The van der Waals surface area contributed by atoms with Gasteiger partial charge in [-0.2, -0.15) is 0 Å². The highest BCUT2D eigenvalue weighted by atomic mass is 32.1. The lowest BCUT2D eigenvalue weighted by atomic mass is 9.77. The molecule has 1 N–H and O–H groups in total. The zero-order valence-corrected chi connectivity index (χ0v) is 16.6. The smallest absolute Gasteiger partial charge is 0.270 e. The zero-order chi connectivity index (χ0) is 18.9. The Hall–Kier alpha value is -2.06. The molecular formula is C20H25N5O2S. The second-order valence-electron chi connectivity index (χ2n) is 8.20. The molecular weight excluding hydrogens is 374 g/mol. The molecule has 3 aliphatic rings. The lowest BCUT2D eigenvalue weighted by molar-refractivity contribution is -0.0212. The van der Waals surface area contributed by atoms with Gasteiger partial charge in [0.25, 0.3) is 5.91 Å². The molecule has 2 aromatic heterocycles. The molecule has 3 heterocycles. The molecule has 2 aliphatic carbocycles. The fourth-order valence-electron chi connectivity index (χ4n) is 4.49. The largest absolute Gasteiger partial charge is 0.376 e. The van der Waals surface area contributed by atoms with Crippen molar-refractivity contribution in [2.75, 3.05) is 24.6 Å². The first-order valence-electron chi connectivity index (χ1n) is 10.1. The topological polar surface area (TPSA) is 80.2 Å². The van der Waals surface area contributed by atoms with Crippen LogP contribution in [0, 0.1) is 17.8 Å². The van der Waals surface area contributed by atoms with Crippen LogP contribution in [0.1, 0.15) is 36.2 Å². The van der Waals surface area contributed by atoms with E-state index < -0.39 is 0 Å². The van der Waals surface area contributed by atoms with Gasteiger partial charge in [-0.05, 0) is 49.5 Å². The first-order valence-corrected chi connectivity index (χ1v) is 11.0. The molecule has 28 heavy (non-hydrogen) atoms. The number of carbonyl (C=O) groups excluding carboxylic acids is 1. The molecule has 8 heteroatoms. The van der Waals surface area contributed by atoms with Crippen LogP contribution in [-0.2, 0) is 4.74 Å². The number of amides is 1. The van der Waals surface area contributed by atoms with Crippen LogP contribution >= 0.6 is 11.3 Å². The summed E-state index contributed by atoms with van der Waals surface area (Å²) in [6.07, 6.45) is 9.44. The summed E-state index contributed by atoms with van der Waals surface area (Å²) in [6.45, 7) is 2.86. The summed E-state index contributed by atoms with van der Waals surface area (Å²) in [5.74, 6) is 1.73. The fourth-order valence-corrected chi connectivity index (χ4v) is 5.15. The molecule has 4 atom stereocenters. The normalized spacial score (nSPS) is 29.5. The Labute approximate surface area is 168 Å². The lowest BCUT2D eigenvalue weighted by Crippen LogP contribution is -2.50. The second kappa shape index (κ2) is 7.75. The number of rotatable bonds is 6. The van der Waals surface area contributed by atoms with Crippen LogP contribution < -0.4 is 10.2 Å². The SMILES string of the molecule is O=C(N[C@H]1C[C@H]2CN(c3nccs3)C[C@H]2C[C@@H]1OCC1CC1)c1ccncn1. The van der Waals surface area contributed by atoms with Crippen molar-refractivity contribution < 1.29 is 9.53 Å².